The summed E-state index contributed by atoms with van der Waals surface area (Å²) in [4.78, 5) is 40.6. The summed E-state index contributed by atoms with van der Waals surface area (Å²) in [6.45, 7) is 10.3. The summed E-state index contributed by atoms with van der Waals surface area (Å²) < 4.78 is 17.5. The molecule has 32 heavy (non-hydrogen) atoms. The lowest BCUT2D eigenvalue weighted by molar-refractivity contribution is -0.213. The Kier molecular flexibility index (Phi) is 3.60. The standard InChI is InChI=1S/C26H30O6/c1-22(2)9-7-17(27)24(4)15-6-10-23(3)19(14-8-11-30-13-14)31-21(29)20-26(23,32-20)25(15,5)18(28)12-16(22)24/h7-9,11,13,15-16,19-20H,6,10,12H2,1-5H3/t15?,16-,19-,20+,23+,24-,25-,26-/m1/s1. The van der Waals surface area contributed by atoms with Gasteiger partial charge < -0.3 is 13.9 Å². The first-order valence-electron chi connectivity index (χ1n) is 11.6. The second-order valence-corrected chi connectivity index (χ2v) is 11.8. The molecule has 6 nitrogen and oxygen atoms in total. The van der Waals surface area contributed by atoms with Crippen molar-refractivity contribution >= 4 is 17.5 Å². The van der Waals surface area contributed by atoms with E-state index in [1.54, 1.807) is 18.6 Å². The summed E-state index contributed by atoms with van der Waals surface area (Å²) in [6.07, 6.45) is 7.23. The summed E-state index contributed by atoms with van der Waals surface area (Å²) in [5.74, 6) is -0.503. The van der Waals surface area contributed by atoms with Crippen LogP contribution < -0.4 is 0 Å². The molecule has 0 aromatic carbocycles. The van der Waals surface area contributed by atoms with E-state index in [2.05, 4.69) is 20.8 Å². The molecule has 6 rings (SSSR count). The molecular weight excluding hydrogens is 408 g/mol. The van der Waals surface area contributed by atoms with E-state index in [1.165, 1.54) is 0 Å². The molecule has 0 radical (unpaired) electrons. The average Bonchev–Trinajstić information content (AvgIpc) is 3.30. The maximum Gasteiger partial charge on any atom is 0.339 e. The van der Waals surface area contributed by atoms with Crippen molar-refractivity contribution in [2.24, 2.45) is 33.5 Å². The molecule has 2 aliphatic heterocycles. The number of cyclic esters (lactones) is 1. The second kappa shape index (κ2) is 5.64. The third-order valence-electron chi connectivity index (χ3n) is 10.3. The highest BCUT2D eigenvalue weighted by Crippen LogP contribution is 2.78. The summed E-state index contributed by atoms with van der Waals surface area (Å²) in [7, 11) is 0. The highest BCUT2D eigenvalue weighted by atomic mass is 16.7. The predicted molar refractivity (Wildman–Crippen MR) is 113 cm³/mol. The lowest BCUT2D eigenvalue weighted by atomic mass is 9.36. The number of furan rings is 1. The molecule has 2 saturated carbocycles. The number of esters is 1. The number of ether oxygens (including phenoxy) is 2. The Balaban J connectivity index is 1.54. The maximum absolute atomic E-state index is 14.1. The van der Waals surface area contributed by atoms with Crippen molar-refractivity contribution in [1.29, 1.82) is 0 Å². The third kappa shape index (κ3) is 1.92. The van der Waals surface area contributed by atoms with Crippen LogP contribution in [0.5, 0.6) is 0 Å². The molecule has 8 atom stereocenters. The zero-order valence-corrected chi connectivity index (χ0v) is 19.3. The molecule has 5 aliphatic rings. The van der Waals surface area contributed by atoms with Gasteiger partial charge in [-0.2, -0.15) is 0 Å². The number of fused-ring (bicyclic) bond motifs is 3. The van der Waals surface area contributed by atoms with Gasteiger partial charge in [-0.1, -0.05) is 33.8 Å². The molecular formula is C26H30O6. The SMILES string of the molecule is CC1(C)C=CC(=O)[C@]2(C)C3CC[C@@]4(C)[C@@H](c5ccoc5)OC(=O)[C@@H]5O[C@]54[C@@]3(C)C(=O)C[C@H]12. The molecule has 0 bridgehead atoms. The number of hydrogen-bond acceptors (Lipinski definition) is 6. The van der Waals surface area contributed by atoms with Gasteiger partial charge in [-0.15, -0.1) is 0 Å². The fraction of sp³-hybridized carbons (Fsp3) is 0.654. The lowest BCUT2D eigenvalue weighted by Crippen LogP contribution is -2.72. The number of carbonyl (C=O) groups is 3. The van der Waals surface area contributed by atoms with E-state index in [0.29, 0.717) is 19.3 Å². The van der Waals surface area contributed by atoms with E-state index in [-0.39, 0.29) is 28.8 Å². The van der Waals surface area contributed by atoms with Gasteiger partial charge in [-0.05, 0) is 49.2 Å². The smallest absolute Gasteiger partial charge is 0.339 e. The zero-order chi connectivity index (χ0) is 22.9. The third-order valence-corrected chi connectivity index (χ3v) is 10.3. The monoisotopic (exact) mass is 438 g/mol. The van der Waals surface area contributed by atoms with Crippen molar-refractivity contribution in [2.75, 3.05) is 0 Å². The number of carbonyl (C=O) groups excluding carboxylic acids is 3. The van der Waals surface area contributed by atoms with Gasteiger partial charge in [-0.3, -0.25) is 9.59 Å². The minimum absolute atomic E-state index is 0.0729. The molecule has 0 amide bonds. The minimum atomic E-state index is -0.975. The van der Waals surface area contributed by atoms with E-state index in [9.17, 15) is 14.4 Å². The van der Waals surface area contributed by atoms with Crippen molar-refractivity contribution in [3.8, 4) is 0 Å². The van der Waals surface area contributed by atoms with Crippen LogP contribution in [0.1, 0.15) is 65.5 Å². The van der Waals surface area contributed by atoms with E-state index < -0.39 is 40.0 Å². The van der Waals surface area contributed by atoms with Gasteiger partial charge in [0.25, 0.3) is 0 Å². The van der Waals surface area contributed by atoms with E-state index >= 15 is 0 Å². The summed E-state index contributed by atoms with van der Waals surface area (Å²) in [6, 6.07) is 1.81. The van der Waals surface area contributed by atoms with Crippen LogP contribution in [0, 0.1) is 33.5 Å². The first kappa shape index (κ1) is 20.4. The Hall–Kier alpha value is -2.21. The molecule has 1 spiro atoms. The number of allylic oxidation sites excluding steroid dienone is 2. The zero-order valence-electron chi connectivity index (χ0n) is 19.3. The summed E-state index contributed by atoms with van der Waals surface area (Å²) in [5, 5.41) is 0. The molecule has 4 fully saturated rings. The molecule has 1 aromatic rings. The average molecular weight is 439 g/mol. The number of epoxide rings is 1. The molecule has 3 heterocycles. The summed E-state index contributed by atoms with van der Waals surface area (Å²) in [5.41, 5.74) is -2.68. The highest BCUT2D eigenvalue weighted by Gasteiger charge is 2.88. The van der Waals surface area contributed by atoms with Gasteiger partial charge >= 0.3 is 5.97 Å². The van der Waals surface area contributed by atoms with E-state index in [1.807, 2.05) is 26.0 Å². The first-order valence-corrected chi connectivity index (χ1v) is 11.6. The van der Waals surface area contributed by atoms with Gasteiger partial charge in [0.1, 0.15) is 17.5 Å². The fourth-order valence-corrected chi connectivity index (χ4v) is 8.58. The normalized spacial score (nSPS) is 50.6. The Labute approximate surface area is 187 Å². The van der Waals surface area contributed by atoms with Crippen LogP contribution in [0.25, 0.3) is 0 Å². The molecule has 6 heteroatoms. The highest BCUT2D eigenvalue weighted by molar-refractivity contribution is 6.01. The molecule has 2 saturated heterocycles. The van der Waals surface area contributed by atoms with Crippen molar-refractivity contribution in [3.63, 3.8) is 0 Å². The topological polar surface area (TPSA) is 86.1 Å². The Morgan fingerprint density at radius 1 is 1.00 bits per heavy atom. The Morgan fingerprint density at radius 2 is 1.75 bits per heavy atom. The van der Waals surface area contributed by atoms with E-state index in [0.717, 1.165) is 5.56 Å². The van der Waals surface area contributed by atoms with E-state index in [4.69, 9.17) is 13.9 Å². The van der Waals surface area contributed by atoms with Gasteiger partial charge in [0.05, 0.1) is 17.9 Å². The van der Waals surface area contributed by atoms with Crippen LogP contribution in [0.4, 0.5) is 0 Å². The van der Waals surface area contributed by atoms with Crippen molar-refractivity contribution in [2.45, 2.75) is 71.7 Å². The first-order chi connectivity index (χ1) is 14.9. The largest absolute Gasteiger partial charge is 0.472 e. The fourth-order valence-electron chi connectivity index (χ4n) is 8.58. The van der Waals surface area contributed by atoms with Crippen LogP contribution in [-0.2, 0) is 23.9 Å². The lowest BCUT2D eigenvalue weighted by Gasteiger charge is -2.65. The van der Waals surface area contributed by atoms with Crippen molar-refractivity contribution < 1.29 is 28.3 Å². The Bertz CT molecular complexity index is 1080. The summed E-state index contributed by atoms with van der Waals surface area (Å²) >= 11 is 0. The number of Topliss-reactive ketones (excluding diaryl/α,β-unsaturated/α-hetero) is 1. The van der Waals surface area contributed by atoms with Crippen LogP contribution in [0.3, 0.4) is 0 Å². The van der Waals surface area contributed by atoms with Gasteiger partial charge in [0, 0.05) is 22.8 Å². The minimum Gasteiger partial charge on any atom is -0.472 e. The number of hydrogen-bond donors (Lipinski definition) is 0. The maximum atomic E-state index is 14.1. The molecule has 1 unspecified atom stereocenters. The van der Waals surface area contributed by atoms with Gasteiger partial charge in [0.2, 0.25) is 0 Å². The molecule has 0 N–H and O–H groups in total. The Morgan fingerprint density at radius 3 is 2.44 bits per heavy atom. The van der Waals surface area contributed by atoms with Crippen molar-refractivity contribution in [1.82, 2.24) is 0 Å². The van der Waals surface area contributed by atoms with Crippen LogP contribution in [0.15, 0.2) is 35.2 Å². The molecule has 1 aromatic heterocycles. The second-order valence-electron chi connectivity index (χ2n) is 11.8. The van der Waals surface area contributed by atoms with Crippen LogP contribution in [0.2, 0.25) is 0 Å². The van der Waals surface area contributed by atoms with Crippen molar-refractivity contribution in [3.05, 3.63) is 36.3 Å². The van der Waals surface area contributed by atoms with Gasteiger partial charge in [0.15, 0.2) is 11.9 Å². The quantitative estimate of drug-likeness (QED) is 0.483. The number of ketones is 2. The van der Waals surface area contributed by atoms with Crippen LogP contribution >= 0.6 is 0 Å². The van der Waals surface area contributed by atoms with Gasteiger partial charge in [-0.25, -0.2) is 4.79 Å². The molecule has 3 aliphatic carbocycles. The number of rotatable bonds is 1. The van der Waals surface area contributed by atoms with Crippen LogP contribution in [-0.4, -0.2) is 29.2 Å². The predicted octanol–water partition coefficient (Wildman–Crippen LogP) is 4.20. The molecule has 170 valence electrons.